The molecule has 5 nitrogen and oxygen atoms in total. The smallest absolute Gasteiger partial charge is 0.199 e. The molecule has 0 spiro atoms. The third-order valence-electron chi connectivity index (χ3n) is 15.7. The molecule has 5 heteroatoms. The first kappa shape index (κ1) is 56.6. The van der Waals surface area contributed by atoms with Gasteiger partial charge >= 0.3 is 0 Å². The Morgan fingerprint density at radius 2 is 0.525 bits per heavy atom. The van der Waals surface area contributed by atoms with Crippen LogP contribution >= 0.6 is 0 Å². The molecule has 5 aromatic heterocycles. The second-order valence-corrected chi connectivity index (χ2v) is 21.8. The van der Waals surface area contributed by atoms with Gasteiger partial charge in [-0.1, -0.05) is 82.9 Å². The number of aryl methyl sites for hydroxylation is 14. The third kappa shape index (κ3) is 15.1. The van der Waals surface area contributed by atoms with Gasteiger partial charge in [-0.25, -0.2) is 0 Å². The monoisotopic (exact) mass is 1060 g/mol. The SMILES string of the molecule is Cc1ccc(-c2cccc(C)[n+]2C)c(C)c1.Cc1ccc(-c2cccc(C)[n+]2C)c(C)c1.Cc1ccc(C)c(-c2cccc(C)[n+]2C)c1.Cc1ccc(C)c(-c2cccc(C)[n+]2C)c1.[2H]C([2H])([2H])c1cccc(-c2cccc(C)c2C)[n+]1C. The Morgan fingerprint density at radius 3 is 0.875 bits per heavy atom. The number of aromatic nitrogens is 5. The quantitative estimate of drug-likeness (QED) is 0.153. The molecule has 0 bridgehead atoms. The lowest BCUT2D eigenvalue weighted by Crippen LogP contribution is -2.34. The van der Waals surface area contributed by atoms with Crippen molar-refractivity contribution in [1.29, 1.82) is 0 Å². The summed E-state index contributed by atoms with van der Waals surface area (Å²) in [5.74, 6) is 0. The van der Waals surface area contributed by atoms with E-state index in [-0.39, 0.29) is 0 Å². The molecule has 5 heterocycles. The maximum atomic E-state index is 7.58. The van der Waals surface area contributed by atoms with Crippen LogP contribution in [0.2, 0.25) is 0 Å². The lowest BCUT2D eigenvalue weighted by molar-refractivity contribution is -0.666. The Bertz CT molecular complexity index is 3710. The highest BCUT2D eigenvalue weighted by Crippen LogP contribution is 2.26. The fourth-order valence-electron chi connectivity index (χ4n) is 9.96. The van der Waals surface area contributed by atoms with Crippen molar-refractivity contribution >= 4 is 0 Å². The molecule has 10 rings (SSSR count). The lowest BCUT2D eigenvalue weighted by atomic mass is 10.00. The van der Waals surface area contributed by atoms with Gasteiger partial charge in [-0.2, -0.15) is 22.8 Å². The van der Waals surface area contributed by atoms with Crippen LogP contribution in [0.25, 0.3) is 56.3 Å². The predicted octanol–water partition coefficient (Wildman–Crippen LogP) is 15.5. The van der Waals surface area contributed by atoms with E-state index >= 15 is 0 Å². The van der Waals surface area contributed by atoms with Crippen LogP contribution in [0, 0.1) is 104 Å². The highest BCUT2D eigenvalue weighted by molar-refractivity contribution is 5.65. The Labute approximate surface area is 486 Å². The maximum absolute atomic E-state index is 7.58. The molecule has 0 radical (unpaired) electrons. The van der Waals surface area contributed by atoms with Gasteiger partial charge in [0.2, 0.25) is 28.5 Å². The van der Waals surface area contributed by atoms with Gasteiger partial charge in [0.05, 0.1) is 0 Å². The molecule has 0 aliphatic rings. The molecule has 0 unspecified atom stereocenters. The summed E-state index contributed by atoms with van der Waals surface area (Å²) in [6, 6.07) is 63.6. The molecule has 80 heavy (non-hydrogen) atoms. The average Bonchev–Trinajstić information content (AvgIpc) is 3.56. The summed E-state index contributed by atoms with van der Waals surface area (Å²) in [5, 5.41) is 0. The van der Waals surface area contributed by atoms with Crippen molar-refractivity contribution in [2.45, 2.75) is 104 Å². The Balaban J connectivity index is 0.000000167. The van der Waals surface area contributed by atoms with Crippen molar-refractivity contribution in [3.63, 3.8) is 0 Å². The number of benzene rings is 5. The fraction of sp³-hybridized carbons (Fsp3) is 0.267. The zero-order valence-electron chi connectivity index (χ0n) is 54.6. The highest BCUT2D eigenvalue weighted by Gasteiger charge is 2.18. The second kappa shape index (κ2) is 27.6. The highest BCUT2D eigenvalue weighted by atomic mass is 15.0. The van der Waals surface area contributed by atoms with Crippen LogP contribution in [0.15, 0.2) is 182 Å². The maximum Gasteiger partial charge on any atom is 0.212 e. The lowest BCUT2D eigenvalue weighted by Gasteiger charge is -2.07. The summed E-state index contributed by atoms with van der Waals surface area (Å²) in [5.41, 5.74) is 30.8. The van der Waals surface area contributed by atoms with Crippen molar-refractivity contribution in [3.8, 4) is 56.3 Å². The molecule has 410 valence electrons. The van der Waals surface area contributed by atoms with Crippen molar-refractivity contribution in [2.24, 2.45) is 35.2 Å². The van der Waals surface area contributed by atoms with E-state index in [4.69, 9.17) is 4.11 Å². The summed E-state index contributed by atoms with van der Waals surface area (Å²) in [7, 11) is 10.3. The van der Waals surface area contributed by atoms with Gasteiger partial charge < -0.3 is 0 Å². The predicted molar refractivity (Wildman–Crippen MR) is 336 cm³/mol. The van der Waals surface area contributed by atoms with Gasteiger partial charge in [0.25, 0.3) is 0 Å². The summed E-state index contributed by atoms with van der Waals surface area (Å²) in [4.78, 5) is 0. The average molecular weight is 1060 g/mol. The number of rotatable bonds is 5. The van der Waals surface area contributed by atoms with E-state index in [9.17, 15) is 0 Å². The molecular weight excluding hydrogens is 971 g/mol. The minimum atomic E-state index is -2.09. The fourth-order valence-corrected chi connectivity index (χ4v) is 9.96. The Morgan fingerprint density at radius 1 is 0.237 bits per heavy atom. The molecule has 0 N–H and O–H groups in total. The first-order valence-corrected chi connectivity index (χ1v) is 27.9. The molecule has 0 saturated heterocycles. The van der Waals surface area contributed by atoms with E-state index in [0.29, 0.717) is 5.69 Å². The summed E-state index contributed by atoms with van der Waals surface area (Å²) >= 11 is 0. The molecule has 0 amide bonds. The zero-order valence-corrected chi connectivity index (χ0v) is 51.6. The summed E-state index contributed by atoms with van der Waals surface area (Å²) < 4.78 is 33.4. The van der Waals surface area contributed by atoms with E-state index in [1.807, 2.05) is 18.2 Å². The topological polar surface area (TPSA) is 19.4 Å². The van der Waals surface area contributed by atoms with Crippen LogP contribution in [0.1, 0.15) is 88.2 Å². The largest absolute Gasteiger partial charge is 0.212 e. The van der Waals surface area contributed by atoms with Gasteiger partial charge in [0.1, 0.15) is 35.2 Å². The first-order chi connectivity index (χ1) is 39.2. The van der Waals surface area contributed by atoms with Crippen molar-refractivity contribution in [3.05, 3.63) is 266 Å². The minimum absolute atomic E-state index is 0.353. The van der Waals surface area contributed by atoms with E-state index < -0.39 is 6.85 Å². The Hall–Kier alpha value is -8.15. The molecule has 0 aliphatic carbocycles. The van der Waals surface area contributed by atoms with Crippen LogP contribution in [-0.4, -0.2) is 0 Å². The minimum Gasteiger partial charge on any atom is -0.199 e. The molecule has 0 fully saturated rings. The van der Waals surface area contributed by atoms with Gasteiger partial charge in [-0.15, -0.1) is 0 Å². The number of pyridine rings is 5. The normalized spacial score (nSPS) is 11.2. The number of nitrogens with zero attached hydrogens (tertiary/aromatic N) is 5. The van der Waals surface area contributed by atoms with Crippen LogP contribution in [-0.2, 0) is 35.2 Å². The third-order valence-corrected chi connectivity index (χ3v) is 15.7. The van der Waals surface area contributed by atoms with Gasteiger partial charge in [0, 0.05) is 127 Å². The van der Waals surface area contributed by atoms with Crippen LogP contribution in [0.4, 0.5) is 0 Å². The molecule has 0 aliphatic heterocycles. The van der Waals surface area contributed by atoms with Crippen LogP contribution in [0.5, 0.6) is 0 Å². The van der Waals surface area contributed by atoms with Crippen LogP contribution in [0.3, 0.4) is 0 Å². The number of hydrogen-bond donors (Lipinski definition) is 0. The van der Waals surface area contributed by atoms with Crippen molar-refractivity contribution in [2.75, 3.05) is 0 Å². The Kier molecular flexibility index (Phi) is 19.5. The molecule has 0 atom stereocenters. The molecule has 5 aromatic carbocycles. The van der Waals surface area contributed by atoms with Crippen molar-refractivity contribution in [1.82, 2.24) is 0 Å². The molecular formula is C75H90N5+5. The van der Waals surface area contributed by atoms with E-state index in [0.717, 1.165) is 11.3 Å². The van der Waals surface area contributed by atoms with E-state index in [1.165, 1.54) is 123 Å². The summed E-state index contributed by atoms with van der Waals surface area (Å²) in [6.45, 7) is 27.8. The van der Waals surface area contributed by atoms with E-state index in [1.54, 1.807) is 23.7 Å². The van der Waals surface area contributed by atoms with Crippen molar-refractivity contribution < 1.29 is 26.9 Å². The van der Waals surface area contributed by atoms with Gasteiger partial charge in [0.15, 0.2) is 28.5 Å². The second-order valence-electron chi connectivity index (χ2n) is 21.8. The standard InChI is InChI=1S/5C15H18N/c1-11-7-5-9-14(13(11)3)15-10-6-8-12(2)16(15)4;2*1-11-8-9-14(12(2)10-11)15-7-5-6-13(3)16(15)4;2*1-11-8-9-12(2)14(10-11)15-7-5-6-13(3)16(15)4/h5*5-10H,1-4H3/q5*+1/i2D3;;;;. The van der Waals surface area contributed by atoms with Gasteiger partial charge in [-0.3, -0.25) is 0 Å². The van der Waals surface area contributed by atoms with E-state index in [2.05, 4.69) is 295 Å². The number of hydrogen-bond acceptors (Lipinski definition) is 0. The van der Waals surface area contributed by atoms with Crippen LogP contribution < -0.4 is 22.8 Å². The first-order valence-electron chi connectivity index (χ1n) is 29.4. The molecule has 0 saturated carbocycles. The molecule has 10 aromatic rings. The van der Waals surface area contributed by atoms with Gasteiger partial charge in [-0.05, 0) is 163 Å². The summed E-state index contributed by atoms with van der Waals surface area (Å²) in [6.07, 6.45) is 0. The zero-order chi connectivity index (χ0) is 61.0.